The van der Waals surface area contributed by atoms with Crippen LogP contribution in [-0.2, 0) is 23.7 Å². The molecular weight excluding hydrogens is 348 g/mol. The van der Waals surface area contributed by atoms with Gasteiger partial charge in [0.15, 0.2) is 5.79 Å². The van der Waals surface area contributed by atoms with E-state index in [-0.39, 0.29) is 36.9 Å². The molecule has 6 nitrogen and oxygen atoms in total. The van der Waals surface area contributed by atoms with E-state index < -0.39 is 28.0 Å². The molecule has 0 unspecified atom stereocenters. The Morgan fingerprint density at radius 3 is 2.63 bits per heavy atom. The van der Waals surface area contributed by atoms with Gasteiger partial charge in [-0.3, -0.25) is 0 Å². The van der Waals surface area contributed by atoms with Crippen LogP contribution in [0.15, 0.2) is 0 Å². The molecule has 1 N–H and O–H groups in total. The second-order valence-corrected chi connectivity index (χ2v) is 10.1. The first-order valence-electron chi connectivity index (χ1n) is 9.96. The molecule has 0 aromatic carbocycles. The molecule has 2 aliphatic carbocycles. The second kappa shape index (κ2) is 5.08. The van der Waals surface area contributed by atoms with E-state index in [0.717, 1.165) is 6.42 Å². The molecule has 150 valence electrons. The molecular formula is C21H30O6. The largest absolute Gasteiger partial charge is 0.387 e. The zero-order chi connectivity index (χ0) is 19.5. The van der Waals surface area contributed by atoms with Crippen LogP contribution in [-0.4, -0.2) is 65.3 Å². The van der Waals surface area contributed by atoms with Gasteiger partial charge in [-0.1, -0.05) is 5.92 Å². The van der Waals surface area contributed by atoms with Gasteiger partial charge in [0.1, 0.15) is 18.3 Å². The molecule has 5 fully saturated rings. The third-order valence-corrected chi connectivity index (χ3v) is 7.78. The van der Waals surface area contributed by atoms with Crippen LogP contribution in [0.1, 0.15) is 47.5 Å². The topological polar surface area (TPSA) is 66.4 Å². The maximum Gasteiger partial charge on any atom is 0.163 e. The molecule has 3 aliphatic heterocycles. The number of hydrogen-bond donors (Lipinski definition) is 1. The van der Waals surface area contributed by atoms with E-state index in [1.165, 1.54) is 0 Å². The fourth-order valence-electron chi connectivity index (χ4n) is 6.99. The van der Waals surface area contributed by atoms with Crippen molar-refractivity contribution in [3.8, 4) is 12.3 Å². The lowest BCUT2D eigenvalue weighted by Gasteiger charge is -2.66. The summed E-state index contributed by atoms with van der Waals surface area (Å²) >= 11 is 0. The minimum Gasteiger partial charge on any atom is -0.387 e. The first-order chi connectivity index (χ1) is 12.5. The van der Waals surface area contributed by atoms with Gasteiger partial charge in [-0.05, 0) is 41.0 Å². The lowest BCUT2D eigenvalue weighted by molar-refractivity contribution is -0.413. The summed E-state index contributed by atoms with van der Waals surface area (Å²) < 4.78 is 32.1. The molecule has 4 bridgehead atoms. The van der Waals surface area contributed by atoms with Gasteiger partial charge in [-0.15, -0.1) is 6.42 Å². The zero-order valence-electron chi connectivity index (χ0n) is 16.8. The monoisotopic (exact) mass is 378 g/mol. The van der Waals surface area contributed by atoms with E-state index in [0.29, 0.717) is 13.0 Å². The predicted molar refractivity (Wildman–Crippen MR) is 95.8 cm³/mol. The summed E-state index contributed by atoms with van der Waals surface area (Å²) in [4.78, 5) is 0. The lowest BCUT2D eigenvalue weighted by atomic mass is 9.47. The predicted octanol–water partition coefficient (Wildman–Crippen LogP) is 1.63. The first-order valence-corrected chi connectivity index (χ1v) is 9.96. The summed E-state index contributed by atoms with van der Waals surface area (Å²) in [6.07, 6.45) is 5.83. The van der Waals surface area contributed by atoms with Crippen LogP contribution in [0.4, 0.5) is 0 Å². The van der Waals surface area contributed by atoms with Crippen molar-refractivity contribution in [3.05, 3.63) is 0 Å². The van der Waals surface area contributed by atoms with Crippen LogP contribution in [0, 0.1) is 23.7 Å². The fourth-order valence-corrected chi connectivity index (χ4v) is 6.99. The van der Waals surface area contributed by atoms with Gasteiger partial charge in [0.05, 0.1) is 41.5 Å². The third-order valence-electron chi connectivity index (χ3n) is 7.78. The molecule has 8 atom stereocenters. The van der Waals surface area contributed by atoms with Gasteiger partial charge in [0, 0.05) is 12.3 Å². The minimum absolute atomic E-state index is 0.0552. The first kappa shape index (κ1) is 18.4. The Morgan fingerprint density at radius 1 is 1.19 bits per heavy atom. The molecule has 0 aromatic heterocycles. The Bertz CT molecular complexity index is 708. The van der Waals surface area contributed by atoms with Crippen molar-refractivity contribution in [1.82, 2.24) is 0 Å². The maximum absolute atomic E-state index is 11.8. The van der Waals surface area contributed by atoms with E-state index >= 15 is 0 Å². The normalized spacial score (nSPS) is 56.4. The Labute approximate surface area is 160 Å². The maximum atomic E-state index is 11.8. The number of rotatable bonds is 2. The summed E-state index contributed by atoms with van der Waals surface area (Å²) in [5, 5.41) is 11.8. The summed E-state index contributed by atoms with van der Waals surface area (Å²) in [5.74, 6) is 1.93. The van der Waals surface area contributed by atoms with Crippen molar-refractivity contribution in [1.29, 1.82) is 0 Å². The van der Waals surface area contributed by atoms with E-state index in [1.54, 1.807) is 0 Å². The zero-order valence-corrected chi connectivity index (χ0v) is 16.8. The average molecular weight is 378 g/mol. The van der Waals surface area contributed by atoms with Crippen molar-refractivity contribution in [3.63, 3.8) is 0 Å². The quantitative estimate of drug-likeness (QED) is 0.737. The van der Waals surface area contributed by atoms with Gasteiger partial charge in [-0.25, -0.2) is 0 Å². The Balaban J connectivity index is 1.74. The molecule has 3 saturated heterocycles. The van der Waals surface area contributed by atoms with Crippen LogP contribution in [0.25, 0.3) is 0 Å². The molecule has 2 spiro atoms. The lowest BCUT2D eigenvalue weighted by Crippen LogP contribution is -2.82. The fraction of sp³-hybridized carbons (Fsp3) is 0.905. The molecule has 3 heterocycles. The van der Waals surface area contributed by atoms with Crippen molar-refractivity contribution in [2.75, 3.05) is 13.2 Å². The Hall–Kier alpha value is -0.680. The molecule has 0 aromatic rings. The molecule has 2 saturated carbocycles. The highest BCUT2D eigenvalue weighted by Gasteiger charge is 2.87. The van der Waals surface area contributed by atoms with Crippen molar-refractivity contribution >= 4 is 0 Å². The van der Waals surface area contributed by atoms with Crippen molar-refractivity contribution in [2.45, 2.75) is 94.5 Å². The summed E-state index contributed by atoms with van der Waals surface area (Å²) in [6.45, 7) is 10.5. The number of aliphatic hydroxyl groups is 1. The average Bonchev–Trinajstić information content (AvgIpc) is 2.92. The van der Waals surface area contributed by atoms with Crippen LogP contribution < -0.4 is 0 Å². The standard InChI is InChI=1S/C21H30O6/c1-7-8-23-15-12-9-14-20-11-24-13(16(20)26-18(4,5)25-14)10-19(6,22)21(15,20)27-17(12,2)3/h1,12-16,22H,8-11H2,2-6H3/t12-,13+,14+,15+,16+,19+,20-,21+/m1/s1. The van der Waals surface area contributed by atoms with Crippen LogP contribution in [0.2, 0.25) is 0 Å². The van der Waals surface area contributed by atoms with E-state index in [4.69, 9.17) is 30.1 Å². The van der Waals surface area contributed by atoms with Gasteiger partial charge in [0.2, 0.25) is 0 Å². The third kappa shape index (κ3) is 1.94. The molecule has 0 amide bonds. The highest BCUT2D eigenvalue weighted by Crippen LogP contribution is 2.72. The Morgan fingerprint density at radius 2 is 1.93 bits per heavy atom. The SMILES string of the molecule is C#CCO[C@H]1[C@H]2C[C@@H]3OC(C)(C)O[C@H]4[C@@H]5C[C@](C)(O)[C@]1(OC2(C)C)[C@]34CO5. The number of hydrogen-bond acceptors (Lipinski definition) is 6. The summed E-state index contributed by atoms with van der Waals surface area (Å²) in [7, 11) is 0. The summed E-state index contributed by atoms with van der Waals surface area (Å²) in [6, 6.07) is 0. The van der Waals surface area contributed by atoms with E-state index in [1.807, 2.05) is 20.8 Å². The van der Waals surface area contributed by atoms with Gasteiger partial charge >= 0.3 is 0 Å². The second-order valence-electron chi connectivity index (χ2n) is 10.1. The number of terminal acetylenes is 1. The van der Waals surface area contributed by atoms with Gasteiger partial charge < -0.3 is 28.8 Å². The van der Waals surface area contributed by atoms with Gasteiger partial charge in [-0.2, -0.15) is 0 Å². The summed E-state index contributed by atoms with van der Waals surface area (Å²) in [5.41, 5.74) is -3.26. The highest BCUT2D eigenvalue weighted by atomic mass is 16.7. The van der Waals surface area contributed by atoms with Crippen molar-refractivity contribution in [2.24, 2.45) is 11.3 Å². The molecule has 5 rings (SSSR count). The minimum atomic E-state index is -1.15. The number of fused-ring (bicyclic) bond motifs is 1. The van der Waals surface area contributed by atoms with Gasteiger partial charge in [0.25, 0.3) is 0 Å². The van der Waals surface area contributed by atoms with Crippen LogP contribution in [0.5, 0.6) is 0 Å². The van der Waals surface area contributed by atoms with Crippen molar-refractivity contribution < 1.29 is 28.8 Å². The van der Waals surface area contributed by atoms with E-state index in [9.17, 15) is 5.11 Å². The van der Waals surface area contributed by atoms with Crippen LogP contribution in [0.3, 0.4) is 0 Å². The molecule has 6 heteroatoms. The molecule has 27 heavy (non-hydrogen) atoms. The molecule has 0 radical (unpaired) electrons. The smallest absolute Gasteiger partial charge is 0.163 e. The Kier molecular flexibility index (Phi) is 3.45. The molecule has 5 aliphatic rings. The number of ether oxygens (including phenoxy) is 5. The highest BCUT2D eigenvalue weighted by molar-refractivity contribution is 5.34. The van der Waals surface area contributed by atoms with E-state index in [2.05, 4.69) is 19.8 Å². The van der Waals surface area contributed by atoms with Crippen LogP contribution >= 0.6 is 0 Å².